The molecule has 1 heterocycles. The maximum atomic E-state index is 13.3. The van der Waals surface area contributed by atoms with Crippen molar-refractivity contribution >= 4 is 11.6 Å². The van der Waals surface area contributed by atoms with E-state index in [1.807, 2.05) is 0 Å². The molecule has 1 aliphatic rings. The molecule has 0 unspecified atom stereocenters. The minimum Gasteiger partial charge on any atom is -0.319 e. The third-order valence-electron chi connectivity index (χ3n) is 2.35. The number of benzene rings is 1. The summed E-state index contributed by atoms with van der Waals surface area (Å²) in [5, 5.41) is 3.53. The van der Waals surface area contributed by atoms with E-state index in [0.29, 0.717) is 23.7 Å². The Morgan fingerprint density at radius 3 is 2.69 bits per heavy atom. The molecule has 0 radical (unpaired) electrons. The van der Waals surface area contributed by atoms with Crippen molar-refractivity contribution in [3.8, 4) is 0 Å². The summed E-state index contributed by atoms with van der Waals surface area (Å²) in [6.45, 7) is 1.20. The van der Waals surface area contributed by atoms with Crippen molar-refractivity contribution < 1.29 is 4.39 Å². The Morgan fingerprint density at radius 1 is 1.46 bits per heavy atom. The molecule has 3 N–H and O–H groups in total. The van der Waals surface area contributed by atoms with E-state index in [-0.39, 0.29) is 5.82 Å². The molecule has 4 heteroatoms. The van der Waals surface area contributed by atoms with Gasteiger partial charge in [0.15, 0.2) is 0 Å². The summed E-state index contributed by atoms with van der Waals surface area (Å²) in [6.07, 6.45) is 0. The van der Waals surface area contributed by atoms with Crippen molar-refractivity contribution in [2.45, 2.75) is 5.54 Å². The summed E-state index contributed by atoms with van der Waals surface area (Å²) in [6, 6.07) is 4.47. The zero-order valence-corrected chi connectivity index (χ0v) is 7.74. The van der Waals surface area contributed by atoms with Gasteiger partial charge in [-0.3, -0.25) is 0 Å². The van der Waals surface area contributed by atoms with E-state index in [1.54, 1.807) is 6.07 Å². The Kier molecular flexibility index (Phi) is 2.02. The van der Waals surface area contributed by atoms with Gasteiger partial charge in [-0.1, -0.05) is 11.6 Å². The van der Waals surface area contributed by atoms with E-state index in [0.717, 1.165) is 0 Å². The van der Waals surface area contributed by atoms with Crippen LogP contribution in [0.25, 0.3) is 0 Å². The van der Waals surface area contributed by atoms with Crippen molar-refractivity contribution in [2.75, 3.05) is 13.1 Å². The van der Waals surface area contributed by atoms with Crippen LogP contribution < -0.4 is 11.1 Å². The number of rotatable bonds is 1. The number of nitrogens with two attached hydrogens (primary N) is 1. The molecule has 0 aromatic heterocycles. The lowest BCUT2D eigenvalue weighted by molar-refractivity contribution is 0.277. The molecule has 2 rings (SSSR count). The molecule has 1 fully saturated rings. The first-order valence-electron chi connectivity index (χ1n) is 4.07. The molecule has 1 aromatic rings. The third kappa shape index (κ3) is 1.43. The normalized spacial score (nSPS) is 19.6. The molecular formula is C9H10ClFN2. The zero-order chi connectivity index (χ0) is 9.47. The van der Waals surface area contributed by atoms with Gasteiger partial charge in [-0.2, -0.15) is 0 Å². The molecule has 2 nitrogen and oxygen atoms in total. The van der Waals surface area contributed by atoms with Crippen LogP contribution in [0.4, 0.5) is 4.39 Å². The van der Waals surface area contributed by atoms with Crippen LogP contribution >= 0.6 is 11.6 Å². The van der Waals surface area contributed by atoms with E-state index < -0.39 is 5.54 Å². The third-order valence-corrected chi connectivity index (χ3v) is 2.58. The largest absolute Gasteiger partial charge is 0.319 e. The predicted molar refractivity (Wildman–Crippen MR) is 50.1 cm³/mol. The first-order valence-corrected chi connectivity index (χ1v) is 4.45. The summed E-state index contributed by atoms with van der Waals surface area (Å²) >= 11 is 5.76. The molecule has 1 aromatic carbocycles. The Hall–Kier alpha value is -0.640. The molecule has 0 bridgehead atoms. The van der Waals surface area contributed by atoms with Crippen LogP contribution in [0.2, 0.25) is 5.02 Å². The first kappa shape index (κ1) is 8.94. The summed E-state index contributed by atoms with van der Waals surface area (Å²) in [5.41, 5.74) is 5.86. The van der Waals surface area contributed by atoms with Crippen molar-refractivity contribution in [3.63, 3.8) is 0 Å². The Morgan fingerprint density at radius 2 is 2.15 bits per heavy atom. The van der Waals surface area contributed by atoms with Gasteiger partial charge in [-0.25, -0.2) is 4.39 Å². The van der Waals surface area contributed by atoms with Gasteiger partial charge in [-0.05, 0) is 18.2 Å². The fraction of sp³-hybridized carbons (Fsp3) is 0.333. The smallest absolute Gasteiger partial charge is 0.128 e. The summed E-state index contributed by atoms with van der Waals surface area (Å²) in [4.78, 5) is 0. The average molecular weight is 201 g/mol. The van der Waals surface area contributed by atoms with E-state index in [1.165, 1.54) is 12.1 Å². The van der Waals surface area contributed by atoms with Gasteiger partial charge in [0.25, 0.3) is 0 Å². The van der Waals surface area contributed by atoms with Crippen LogP contribution in [0.15, 0.2) is 18.2 Å². The van der Waals surface area contributed by atoms with Crippen LogP contribution in [0.3, 0.4) is 0 Å². The van der Waals surface area contributed by atoms with E-state index in [4.69, 9.17) is 17.3 Å². The minimum atomic E-state index is -0.574. The quantitative estimate of drug-likeness (QED) is 0.716. The highest BCUT2D eigenvalue weighted by atomic mass is 35.5. The molecule has 0 atom stereocenters. The minimum absolute atomic E-state index is 0.284. The second-order valence-corrected chi connectivity index (χ2v) is 3.82. The fourth-order valence-corrected chi connectivity index (χ4v) is 1.64. The Labute approximate surface area is 80.9 Å². The lowest BCUT2D eigenvalue weighted by Gasteiger charge is -2.39. The van der Waals surface area contributed by atoms with Crippen LogP contribution in [0.5, 0.6) is 0 Å². The summed E-state index contributed by atoms with van der Waals surface area (Å²) in [7, 11) is 0. The average Bonchev–Trinajstić information content (AvgIpc) is 2.05. The number of hydrogen-bond donors (Lipinski definition) is 2. The van der Waals surface area contributed by atoms with Gasteiger partial charge in [0, 0.05) is 23.7 Å². The second kappa shape index (κ2) is 2.94. The zero-order valence-electron chi connectivity index (χ0n) is 6.98. The molecule has 13 heavy (non-hydrogen) atoms. The van der Waals surface area contributed by atoms with Crippen LogP contribution in [-0.4, -0.2) is 13.1 Å². The van der Waals surface area contributed by atoms with Crippen molar-refractivity contribution in [1.82, 2.24) is 5.32 Å². The van der Waals surface area contributed by atoms with Gasteiger partial charge in [0.2, 0.25) is 0 Å². The Bertz CT molecular complexity index is 336. The molecule has 1 aliphatic heterocycles. The van der Waals surface area contributed by atoms with Crippen molar-refractivity contribution in [2.24, 2.45) is 5.73 Å². The number of halogens is 2. The highest BCUT2D eigenvalue weighted by Gasteiger charge is 2.36. The maximum absolute atomic E-state index is 13.3. The molecule has 0 aliphatic carbocycles. The van der Waals surface area contributed by atoms with E-state index in [2.05, 4.69) is 5.32 Å². The standard InChI is InChI=1S/C9H10ClFN2/c10-6-1-2-8(11)7(3-6)9(12)4-13-5-9/h1-3,13H,4-5,12H2. The van der Waals surface area contributed by atoms with Gasteiger partial charge in [-0.15, -0.1) is 0 Å². The number of hydrogen-bond acceptors (Lipinski definition) is 2. The summed E-state index contributed by atoms with van der Waals surface area (Å²) in [5.74, 6) is -0.284. The van der Waals surface area contributed by atoms with Crippen LogP contribution in [0, 0.1) is 5.82 Å². The number of nitrogens with one attached hydrogen (secondary N) is 1. The lowest BCUT2D eigenvalue weighted by Crippen LogP contribution is -2.63. The van der Waals surface area contributed by atoms with Crippen molar-refractivity contribution in [3.05, 3.63) is 34.6 Å². The SMILES string of the molecule is NC1(c2cc(Cl)ccc2F)CNC1. The second-order valence-electron chi connectivity index (χ2n) is 3.38. The molecule has 0 saturated carbocycles. The summed E-state index contributed by atoms with van der Waals surface area (Å²) < 4.78 is 13.3. The van der Waals surface area contributed by atoms with E-state index >= 15 is 0 Å². The Balaban J connectivity index is 2.43. The van der Waals surface area contributed by atoms with Crippen LogP contribution in [-0.2, 0) is 5.54 Å². The molecule has 0 spiro atoms. The monoisotopic (exact) mass is 200 g/mol. The maximum Gasteiger partial charge on any atom is 0.128 e. The first-order chi connectivity index (χ1) is 6.12. The predicted octanol–water partition coefficient (Wildman–Crippen LogP) is 1.24. The lowest BCUT2D eigenvalue weighted by atomic mass is 9.85. The van der Waals surface area contributed by atoms with Gasteiger partial charge >= 0.3 is 0 Å². The highest BCUT2D eigenvalue weighted by Crippen LogP contribution is 2.27. The van der Waals surface area contributed by atoms with Crippen LogP contribution in [0.1, 0.15) is 5.56 Å². The van der Waals surface area contributed by atoms with Gasteiger partial charge in [0.1, 0.15) is 5.82 Å². The van der Waals surface area contributed by atoms with Gasteiger partial charge < -0.3 is 11.1 Å². The fourth-order valence-electron chi connectivity index (χ4n) is 1.46. The van der Waals surface area contributed by atoms with Gasteiger partial charge in [0.05, 0.1) is 5.54 Å². The van der Waals surface area contributed by atoms with Crippen molar-refractivity contribution in [1.29, 1.82) is 0 Å². The molecular weight excluding hydrogens is 191 g/mol. The van der Waals surface area contributed by atoms with E-state index in [9.17, 15) is 4.39 Å². The highest BCUT2D eigenvalue weighted by molar-refractivity contribution is 6.30. The molecule has 0 amide bonds. The molecule has 1 saturated heterocycles. The molecule has 70 valence electrons. The topological polar surface area (TPSA) is 38.0 Å².